The van der Waals surface area contributed by atoms with E-state index in [0.29, 0.717) is 10.7 Å². The molecule has 0 bridgehead atoms. The highest BCUT2D eigenvalue weighted by atomic mass is 35.5. The van der Waals surface area contributed by atoms with Crippen molar-refractivity contribution in [1.82, 2.24) is 14.9 Å². The maximum atomic E-state index is 12.3. The van der Waals surface area contributed by atoms with Crippen molar-refractivity contribution in [3.8, 4) is 11.1 Å². The molecule has 0 spiro atoms. The normalized spacial score (nSPS) is 11.3. The van der Waals surface area contributed by atoms with Crippen LogP contribution in [0.5, 0.6) is 0 Å². The van der Waals surface area contributed by atoms with Crippen LogP contribution in [-0.4, -0.2) is 33.4 Å². The molecule has 0 aromatic carbocycles. The minimum absolute atomic E-state index is 0.0988. The van der Waals surface area contributed by atoms with Crippen molar-refractivity contribution in [2.45, 2.75) is 26.3 Å². The Labute approximate surface area is 129 Å². The van der Waals surface area contributed by atoms with E-state index in [1.165, 1.54) is 0 Å². The van der Waals surface area contributed by atoms with Crippen molar-refractivity contribution in [3.63, 3.8) is 0 Å². The quantitative estimate of drug-likeness (QED) is 0.850. The van der Waals surface area contributed by atoms with Crippen LogP contribution in [0.15, 0.2) is 36.8 Å². The highest BCUT2D eigenvalue weighted by Crippen LogP contribution is 2.21. The summed E-state index contributed by atoms with van der Waals surface area (Å²) >= 11 is 5.92. The lowest BCUT2D eigenvalue weighted by Gasteiger charge is -2.31. The first-order chi connectivity index (χ1) is 9.79. The Hall–Kier alpha value is -1.94. The first-order valence-corrected chi connectivity index (χ1v) is 7.02. The van der Waals surface area contributed by atoms with E-state index in [9.17, 15) is 4.79 Å². The Balaban J connectivity index is 2.25. The topological polar surface area (TPSA) is 46.1 Å². The molecule has 0 radical (unpaired) electrons. The van der Waals surface area contributed by atoms with Crippen LogP contribution in [0, 0.1) is 0 Å². The smallest absolute Gasteiger partial charge is 0.272 e. The number of nitrogens with zero attached hydrogens (tertiary/aromatic N) is 3. The lowest BCUT2D eigenvalue weighted by atomic mass is 10.1. The van der Waals surface area contributed by atoms with E-state index in [1.807, 2.05) is 32.9 Å². The van der Waals surface area contributed by atoms with Crippen molar-refractivity contribution >= 4 is 17.5 Å². The van der Waals surface area contributed by atoms with Gasteiger partial charge in [0.25, 0.3) is 5.91 Å². The number of carbonyl (C=O) groups excluding carboxylic acids is 1. The molecule has 0 saturated heterocycles. The van der Waals surface area contributed by atoms with Crippen molar-refractivity contribution in [1.29, 1.82) is 0 Å². The number of pyridine rings is 2. The molecule has 110 valence electrons. The van der Waals surface area contributed by atoms with E-state index in [4.69, 9.17) is 11.6 Å². The summed E-state index contributed by atoms with van der Waals surface area (Å²) in [6.07, 6.45) is 4.96. The molecule has 0 aliphatic carbocycles. The highest BCUT2D eigenvalue weighted by Gasteiger charge is 2.24. The molecule has 0 aliphatic heterocycles. The Morgan fingerprint density at radius 1 is 1.14 bits per heavy atom. The van der Waals surface area contributed by atoms with E-state index >= 15 is 0 Å². The van der Waals surface area contributed by atoms with Crippen molar-refractivity contribution in [3.05, 3.63) is 47.5 Å². The van der Waals surface area contributed by atoms with Gasteiger partial charge < -0.3 is 4.90 Å². The minimum atomic E-state index is -0.242. The van der Waals surface area contributed by atoms with Crippen LogP contribution < -0.4 is 0 Å². The van der Waals surface area contributed by atoms with Gasteiger partial charge in [-0.3, -0.25) is 14.8 Å². The third kappa shape index (κ3) is 3.58. The van der Waals surface area contributed by atoms with Crippen LogP contribution in [-0.2, 0) is 0 Å². The van der Waals surface area contributed by atoms with Crippen molar-refractivity contribution < 1.29 is 4.79 Å². The first-order valence-electron chi connectivity index (χ1n) is 6.64. The van der Waals surface area contributed by atoms with Crippen LogP contribution in [0.25, 0.3) is 11.1 Å². The van der Waals surface area contributed by atoms with Crippen LogP contribution in [0.1, 0.15) is 31.3 Å². The molecular weight excluding hydrogens is 286 g/mol. The Morgan fingerprint density at radius 3 is 2.38 bits per heavy atom. The van der Waals surface area contributed by atoms with Gasteiger partial charge in [0, 0.05) is 42.3 Å². The summed E-state index contributed by atoms with van der Waals surface area (Å²) in [5.74, 6) is -0.0988. The summed E-state index contributed by atoms with van der Waals surface area (Å²) in [6, 6.07) is 5.39. The summed E-state index contributed by atoms with van der Waals surface area (Å²) in [7, 11) is 1.78. The van der Waals surface area contributed by atoms with E-state index in [-0.39, 0.29) is 11.4 Å². The summed E-state index contributed by atoms with van der Waals surface area (Å²) in [5.41, 5.74) is 1.93. The predicted octanol–water partition coefficient (Wildman–Crippen LogP) is 3.67. The van der Waals surface area contributed by atoms with Gasteiger partial charge in [-0.1, -0.05) is 17.7 Å². The average molecular weight is 304 g/mol. The third-order valence-electron chi connectivity index (χ3n) is 3.33. The molecule has 0 aliphatic rings. The molecule has 2 aromatic rings. The second-order valence-corrected chi connectivity index (χ2v) is 6.30. The molecule has 1 amide bonds. The van der Waals surface area contributed by atoms with Gasteiger partial charge in [-0.25, -0.2) is 0 Å². The SMILES string of the molecule is CN(C(=O)c1ccc(-c2cncc(Cl)c2)cn1)C(C)(C)C. The van der Waals surface area contributed by atoms with Gasteiger partial charge in [0.2, 0.25) is 0 Å². The number of amides is 1. The molecule has 2 heterocycles. The molecule has 0 N–H and O–H groups in total. The highest BCUT2D eigenvalue weighted by molar-refractivity contribution is 6.30. The zero-order chi connectivity index (χ0) is 15.6. The summed E-state index contributed by atoms with van der Waals surface area (Å²) in [4.78, 5) is 22.3. The second kappa shape index (κ2) is 5.82. The van der Waals surface area contributed by atoms with Gasteiger partial charge in [-0.2, -0.15) is 0 Å². The number of aromatic nitrogens is 2. The Kier molecular flexibility index (Phi) is 4.28. The minimum Gasteiger partial charge on any atom is -0.336 e. The van der Waals surface area contributed by atoms with Gasteiger partial charge in [0.05, 0.1) is 5.02 Å². The monoisotopic (exact) mass is 303 g/mol. The fourth-order valence-corrected chi connectivity index (χ4v) is 1.91. The number of hydrogen-bond acceptors (Lipinski definition) is 3. The van der Waals surface area contributed by atoms with Gasteiger partial charge in [-0.05, 0) is 32.9 Å². The summed E-state index contributed by atoms with van der Waals surface area (Å²) < 4.78 is 0. The van der Waals surface area contributed by atoms with Crippen LogP contribution >= 0.6 is 11.6 Å². The average Bonchev–Trinajstić information content (AvgIpc) is 2.45. The summed E-state index contributed by atoms with van der Waals surface area (Å²) in [6.45, 7) is 5.95. The van der Waals surface area contributed by atoms with E-state index in [2.05, 4.69) is 9.97 Å². The molecule has 0 fully saturated rings. The van der Waals surface area contributed by atoms with Gasteiger partial charge in [0.1, 0.15) is 5.69 Å². The maximum absolute atomic E-state index is 12.3. The molecule has 2 rings (SSSR count). The van der Waals surface area contributed by atoms with Gasteiger partial charge in [-0.15, -0.1) is 0 Å². The number of hydrogen-bond donors (Lipinski definition) is 0. The zero-order valence-electron chi connectivity index (χ0n) is 12.6. The molecule has 2 aromatic heterocycles. The summed E-state index contributed by atoms with van der Waals surface area (Å²) in [5, 5.41) is 0.570. The van der Waals surface area contributed by atoms with Crippen LogP contribution in [0.4, 0.5) is 0 Å². The fourth-order valence-electron chi connectivity index (χ4n) is 1.74. The maximum Gasteiger partial charge on any atom is 0.272 e. The molecule has 0 saturated carbocycles. The molecule has 4 nitrogen and oxygen atoms in total. The standard InChI is InChI=1S/C16H18ClN3O/c1-16(2,3)20(4)15(21)14-6-5-11(9-19-14)12-7-13(17)10-18-8-12/h5-10H,1-4H3. The van der Waals surface area contributed by atoms with Gasteiger partial charge in [0.15, 0.2) is 0 Å². The molecule has 21 heavy (non-hydrogen) atoms. The van der Waals surface area contributed by atoms with Crippen LogP contribution in [0.2, 0.25) is 5.02 Å². The largest absolute Gasteiger partial charge is 0.336 e. The lowest BCUT2D eigenvalue weighted by molar-refractivity contribution is 0.0649. The van der Waals surface area contributed by atoms with Crippen molar-refractivity contribution in [2.75, 3.05) is 7.05 Å². The first kappa shape index (κ1) is 15.4. The molecule has 0 atom stereocenters. The van der Waals surface area contributed by atoms with Crippen LogP contribution in [0.3, 0.4) is 0 Å². The molecule has 0 unspecified atom stereocenters. The third-order valence-corrected chi connectivity index (χ3v) is 3.54. The fraction of sp³-hybridized carbons (Fsp3) is 0.312. The van der Waals surface area contributed by atoms with E-state index < -0.39 is 0 Å². The predicted molar refractivity (Wildman–Crippen MR) is 84.3 cm³/mol. The zero-order valence-corrected chi connectivity index (χ0v) is 13.3. The number of halogens is 1. The van der Waals surface area contributed by atoms with E-state index in [0.717, 1.165) is 11.1 Å². The number of carbonyl (C=O) groups is 1. The van der Waals surface area contributed by atoms with E-state index in [1.54, 1.807) is 36.6 Å². The Morgan fingerprint density at radius 2 is 1.86 bits per heavy atom. The number of rotatable bonds is 2. The second-order valence-electron chi connectivity index (χ2n) is 5.86. The Bertz CT molecular complexity index is 647. The van der Waals surface area contributed by atoms with Crippen molar-refractivity contribution in [2.24, 2.45) is 0 Å². The van der Waals surface area contributed by atoms with Gasteiger partial charge >= 0.3 is 0 Å². The lowest BCUT2D eigenvalue weighted by Crippen LogP contribution is -2.42. The molecular formula is C16H18ClN3O. The molecule has 5 heteroatoms.